The van der Waals surface area contributed by atoms with Gasteiger partial charge in [-0.3, -0.25) is 15.2 Å². The maximum atomic E-state index is 12.2. The number of aromatic amines is 1. The Labute approximate surface area is 142 Å². The molecule has 0 atom stereocenters. The minimum absolute atomic E-state index is 0.191. The fourth-order valence-corrected chi connectivity index (χ4v) is 2.27. The van der Waals surface area contributed by atoms with Crippen molar-refractivity contribution in [3.05, 3.63) is 63.6 Å². The summed E-state index contributed by atoms with van der Waals surface area (Å²) in [6.45, 7) is 2.01. The number of rotatable bonds is 3. The molecule has 23 heavy (non-hydrogen) atoms. The molecule has 3 aromatic rings. The van der Waals surface area contributed by atoms with Crippen LogP contribution in [0.25, 0.3) is 11.4 Å². The van der Waals surface area contributed by atoms with Gasteiger partial charge in [0.05, 0.1) is 10.0 Å². The molecule has 2 N–H and O–H groups in total. The molecule has 0 saturated carbocycles. The van der Waals surface area contributed by atoms with Gasteiger partial charge in [0.1, 0.15) is 0 Å². The van der Waals surface area contributed by atoms with E-state index in [4.69, 9.17) is 23.2 Å². The number of H-pyrrole nitrogens is 1. The number of halogens is 2. The van der Waals surface area contributed by atoms with E-state index in [0.717, 1.165) is 11.1 Å². The quantitative estimate of drug-likeness (QED) is 0.740. The second kappa shape index (κ2) is 6.40. The van der Waals surface area contributed by atoms with Gasteiger partial charge in [-0.1, -0.05) is 53.0 Å². The summed E-state index contributed by atoms with van der Waals surface area (Å²) in [5.74, 6) is 0.407. The van der Waals surface area contributed by atoms with Crippen LogP contribution in [0.2, 0.25) is 10.0 Å². The number of nitrogens with zero attached hydrogens (tertiary/aromatic N) is 2. The molecule has 0 fully saturated rings. The van der Waals surface area contributed by atoms with Gasteiger partial charge in [-0.2, -0.15) is 4.98 Å². The lowest BCUT2D eigenvalue weighted by atomic mass is 10.1. The number of anilines is 1. The first-order valence-corrected chi connectivity index (χ1v) is 7.54. The Morgan fingerprint density at radius 3 is 2.52 bits per heavy atom. The van der Waals surface area contributed by atoms with Crippen molar-refractivity contribution in [2.45, 2.75) is 6.92 Å². The SMILES string of the molecule is Cc1ccc(-c2nc(NC(=O)c3ccc(Cl)c(Cl)c3)n[nH]2)cc1. The summed E-state index contributed by atoms with van der Waals surface area (Å²) < 4.78 is 0. The van der Waals surface area contributed by atoms with Crippen LogP contribution >= 0.6 is 23.2 Å². The predicted octanol–water partition coefficient (Wildman–Crippen LogP) is 4.34. The lowest BCUT2D eigenvalue weighted by Crippen LogP contribution is -2.12. The molecule has 1 heterocycles. The Morgan fingerprint density at radius 2 is 1.83 bits per heavy atom. The number of aryl methyl sites for hydroxylation is 1. The number of aromatic nitrogens is 3. The number of benzene rings is 2. The lowest BCUT2D eigenvalue weighted by Gasteiger charge is -2.02. The Kier molecular flexibility index (Phi) is 4.32. The molecule has 0 bridgehead atoms. The molecule has 7 heteroatoms. The third-order valence-electron chi connectivity index (χ3n) is 3.22. The van der Waals surface area contributed by atoms with E-state index in [1.165, 1.54) is 6.07 Å². The molecule has 0 aliphatic carbocycles. The summed E-state index contributed by atoms with van der Waals surface area (Å²) >= 11 is 11.7. The fraction of sp³-hybridized carbons (Fsp3) is 0.0625. The molecule has 0 aliphatic heterocycles. The van der Waals surface area contributed by atoms with Crippen molar-refractivity contribution in [2.75, 3.05) is 5.32 Å². The molecular formula is C16H12Cl2N4O. The van der Waals surface area contributed by atoms with E-state index >= 15 is 0 Å². The molecular weight excluding hydrogens is 335 g/mol. The van der Waals surface area contributed by atoms with Crippen LogP contribution in [0.3, 0.4) is 0 Å². The number of nitrogens with one attached hydrogen (secondary N) is 2. The van der Waals surface area contributed by atoms with Gasteiger partial charge in [0.25, 0.3) is 5.91 Å². The smallest absolute Gasteiger partial charge is 0.258 e. The molecule has 2 aromatic carbocycles. The van der Waals surface area contributed by atoms with Crippen molar-refractivity contribution in [1.82, 2.24) is 15.2 Å². The second-order valence-electron chi connectivity index (χ2n) is 4.96. The second-order valence-corrected chi connectivity index (χ2v) is 5.77. The lowest BCUT2D eigenvalue weighted by molar-refractivity contribution is 0.102. The number of hydrogen-bond acceptors (Lipinski definition) is 3. The highest BCUT2D eigenvalue weighted by atomic mass is 35.5. The van der Waals surface area contributed by atoms with E-state index in [9.17, 15) is 4.79 Å². The standard InChI is InChI=1S/C16H12Cl2N4O/c1-9-2-4-10(5-3-9)14-19-16(22-21-14)20-15(23)11-6-7-12(17)13(18)8-11/h2-8H,1H3,(H2,19,20,21,22,23). The molecule has 1 aromatic heterocycles. The summed E-state index contributed by atoms with van der Waals surface area (Å²) in [6, 6.07) is 12.5. The van der Waals surface area contributed by atoms with Crippen LogP contribution in [0, 0.1) is 6.92 Å². The first-order valence-electron chi connectivity index (χ1n) is 6.79. The highest BCUT2D eigenvalue weighted by Crippen LogP contribution is 2.23. The number of carbonyl (C=O) groups is 1. The minimum atomic E-state index is -0.363. The molecule has 3 rings (SSSR count). The Hall–Kier alpha value is -2.37. The van der Waals surface area contributed by atoms with Crippen LogP contribution in [-0.4, -0.2) is 21.1 Å². The summed E-state index contributed by atoms with van der Waals surface area (Å²) in [4.78, 5) is 16.4. The van der Waals surface area contributed by atoms with Crippen LogP contribution in [0.1, 0.15) is 15.9 Å². The zero-order valence-corrected chi connectivity index (χ0v) is 13.6. The van der Waals surface area contributed by atoms with E-state index in [0.29, 0.717) is 21.4 Å². The van der Waals surface area contributed by atoms with Crippen LogP contribution in [0.15, 0.2) is 42.5 Å². The number of carbonyl (C=O) groups excluding carboxylic acids is 1. The normalized spacial score (nSPS) is 10.6. The fourth-order valence-electron chi connectivity index (χ4n) is 1.97. The molecule has 0 spiro atoms. The average molecular weight is 347 g/mol. The molecule has 0 aliphatic rings. The predicted molar refractivity (Wildman–Crippen MR) is 91.0 cm³/mol. The summed E-state index contributed by atoms with van der Waals surface area (Å²) in [5.41, 5.74) is 2.42. The van der Waals surface area contributed by atoms with Crippen molar-refractivity contribution in [2.24, 2.45) is 0 Å². The number of hydrogen-bond donors (Lipinski definition) is 2. The van der Waals surface area contributed by atoms with Gasteiger partial charge in [0.15, 0.2) is 5.82 Å². The first kappa shape index (κ1) is 15.5. The molecule has 5 nitrogen and oxygen atoms in total. The third-order valence-corrected chi connectivity index (χ3v) is 3.96. The first-order chi connectivity index (χ1) is 11.0. The van der Waals surface area contributed by atoms with E-state index in [1.807, 2.05) is 31.2 Å². The Morgan fingerprint density at radius 1 is 1.09 bits per heavy atom. The Balaban J connectivity index is 1.77. The van der Waals surface area contributed by atoms with Gasteiger partial charge in [-0.05, 0) is 25.1 Å². The van der Waals surface area contributed by atoms with Crippen LogP contribution in [0.4, 0.5) is 5.95 Å². The summed E-state index contributed by atoms with van der Waals surface area (Å²) in [6.07, 6.45) is 0. The van der Waals surface area contributed by atoms with E-state index < -0.39 is 0 Å². The van der Waals surface area contributed by atoms with Crippen LogP contribution in [0.5, 0.6) is 0 Å². The highest BCUT2D eigenvalue weighted by molar-refractivity contribution is 6.42. The summed E-state index contributed by atoms with van der Waals surface area (Å²) in [5, 5.41) is 10.1. The van der Waals surface area contributed by atoms with Crippen molar-refractivity contribution in [3.8, 4) is 11.4 Å². The van der Waals surface area contributed by atoms with Gasteiger partial charge >= 0.3 is 0 Å². The van der Waals surface area contributed by atoms with Crippen molar-refractivity contribution < 1.29 is 4.79 Å². The van der Waals surface area contributed by atoms with Crippen LogP contribution < -0.4 is 5.32 Å². The van der Waals surface area contributed by atoms with Gasteiger partial charge in [0.2, 0.25) is 5.95 Å². The number of amides is 1. The third kappa shape index (κ3) is 3.52. The maximum Gasteiger partial charge on any atom is 0.258 e. The van der Waals surface area contributed by atoms with E-state index in [1.54, 1.807) is 12.1 Å². The highest BCUT2D eigenvalue weighted by Gasteiger charge is 2.12. The minimum Gasteiger partial charge on any atom is -0.289 e. The van der Waals surface area contributed by atoms with Gasteiger partial charge in [-0.25, -0.2) is 0 Å². The van der Waals surface area contributed by atoms with E-state index in [2.05, 4.69) is 20.5 Å². The molecule has 116 valence electrons. The zero-order chi connectivity index (χ0) is 16.4. The monoisotopic (exact) mass is 346 g/mol. The molecule has 0 unspecified atom stereocenters. The molecule has 0 saturated heterocycles. The van der Waals surface area contributed by atoms with E-state index in [-0.39, 0.29) is 11.9 Å². The molecule has 1 amide bonds. The molecule has 0 radical (unpaired) electrons. The Bertz CT molecular complexity index is 859. The van der Waals surface area contributed by atoms with Gasteiger partial charge < -0.3 is 0 Å². The summed E-state index contributed by atoms with van der Waals surface area (Å²) in [7, 11) is 0. The average Bonchev–Trinajstić information content (AvgIpc) is 2.99. The maximum absolute atomic E-state index is 12.2. The van der Waals surface area contributed by atoms with Crippen molar-refractivity contribution in [3.63, 3.8) is 0 Å². The zero-order valence-electron chi connectivity index (χ0n) is 12.1. The van der Waals surface area contributed by atoms with Crippen LogP contribution in [-0.2, 0) is 0 Å². The van der Waals surface area contributed by atoms with Gasteiger partial charge in [-0.15, -0.1) is 5.10 Å². The van der Waals surface area contributed by atoms with Crippen molar-refractivity contribution >= 4 is 35.1 Å². The van der Waals surface area contributed by atoms with Crippen molar-refractivity contribution in [1.29, 1.82) is 0 Å². The van der Waals surface area contributed by atoms with Gasteiger partial charge in [0, 0.05) is 11.1 Å². The topological polar surface area (TPSA) is 70.7 Å². The largest absolute Gasteiger partial charge is 0.289 e.